The van der Waals surface area contributed by atoms with E-state index in [0.717, 1.165) is 5.69 Å². The van der Waals surface area contributed by atoms with Crippen LogP contribution in [0.25, 0.3) is 88.3 Å². The van der Waals surface area contributed by atoms with Gasteiger partial charge in [0.25, 0.3) is 0 Å². The summed E-state index contributed by atoms with van der Waals surface area (Å²) in [6.07, 6.45) is 0. The van der Waals surface area contributed by atoms with Gasteiger partial charge in [0.15, 0.2) is 0 Å². The van der Waals surface area contributed by atoms with Gasteiger partial charge in [-0.3, -0.25) is 0 Å². The van der Waals surface area contributed by atoms with Gasteiger partial charge in [-0.05, 0) is 150 Å². The van der Waals surface area contributed by atoms with Gasteiger partial charge in [0, 0.05) is 11.3 Å². The Kier molecular flexibility index (Phi) is 9.05. The lowest BCUT2D eigenvalue weighted by Crippen LogP contribution is -2.49. The Bertz CT molecular complexity index is 4270. The largest absolute Gasteiger partial charge is 0.309 e. The number of hydrogen-bond acceptors (Lipinski definition) is 1. The second kappa shape index (κ2) is 15.7. The number of benzene rings is 12. The van der Waals surface area contributed by atoms with Crippen LogP contribution in [0.2, 0.25) is 26.2 Å². The zero-order chi connectivity index (χ0) is 50.7. The molecule has 3 heteroatoms. The van der Waals surface area contributed by atoms with Gasteiger partial charge in [-0.15, -0.1) is 0 Å². The Morgan fingerprint density at radius 3 is 1.24 bits per heavy atom. The quantitative estimate of drug-likeness (QED) is 0.125. The molecule has 0 fully saturated rings. The molecule has 12 aromatic rings. The van der Waals surface area contributed by atoms with E-state index in [1.807, 2.05) is 0 Å². The van der Waals surface area contributed by atoms with Gasteiger partial charge in [-0.2, -0.15) is 0 Å². The van der Waals surface area contributed by atoms with Crippen LogP contribution >= 0.6 is 0 Å². The van der Waals surface area contributed by atoms with Gasteiger partial charge in [0.05, 0.1) is 16.8 Å². The van der Waals surface area contributed by atoms with Crippen molar-refractivity contribution < 1.29 is 0 Å². The minimum absolute atomic E-state index is 0.583. The zero-order valence-electron chi connectivity index (χ0n) is 43.1. The van der Waals surface area contributed by atoms with Crippen LogP contribution in [0.1, 0.15) is 22.3 Å². The third-order valence-corrected chi connectivity index (χ3v) is 25.4. The van der Waals surface area contributed by atoms with Crippen molar-refractivity contribution in [2.75, 3.05) is 4.90 Å². The minimum atomic E-state index is -1.98. The van der Waals surface area contributed by atoms with E-state index in [1.54, 1.807) is 0 Å². The predicted molar refractivity (Wildman–Crippen MR) is 328 cm³/mol. The highest BCUT2D eigenvalue weighted by Crippen LogP contribution is 2.65. The fraction of sp³-hybridized carbons (Fsp3) is 0.0685. The van der Waals surface area contributed by atoms with Crippen molar-refractivity contribution in [1.29, 1.82) is 0 Å². The second-order valence-electron chi connectivity index (χ2n) is 22.6. The first-order chi connectivity index (χ1) is 37.3. The Labute approximate surface area is 447 Å². The van der Waals surface area contributed by atoms with Gasteiger partial charge >= 0.3 is 0 Å². The molecular formula is C73H53NSi2. The lowest BCUT2D eigenvalue weighted by atomic mass is 9.64. The number of fused-ring (bicyclic) bond motifs is 17. The molecular weight excluding hydrogens is 947 g/mol. The highest BCUT2D eigenvalue weighted by Gasteiger charge is 2.52. The fourth-order valence-corrected chi connectivity index (χ4v) is 21.3. The number of rotatable bonds is 4. The molecule has 1 spiro atoms. The van der Waals surface area contributed by atoms with E-state index in [0.29, 0.717) is 0 Å². The van der Waals surface area contributed by atoms with Crippen LogP contribution in [-0.2, 0) is 5.41 Å². The SMILES string of the molecule is C[Si]1(C)c2ccccc2-c2c(-c3cccc4c(-c5cccc6c5N(c5ccccc5)c5ccccc5C65c6ccccc6-c6ccccc65)c5cccc(-c6cccc7c6-c6ccccc6[Si]7(C)C)c5cc34)cccc21. The Balaban J connectivity index is 1.08. The van der Waals surface area contributed by atoms with Crippen molar-refractivity contribution in [3.8, 4) is 66.8 Å². The van der Waals surface area contributed by atoms with Gasteiger partial charge in [0.1, 0.15) is 16.1 Å². The average Bonchev–Trinajstić information content (AvgIpc) is 4.20. The lowest BCUT2D eigenvalue weighted by molar-refractivity contribution is 0.753. The molecule has 12 aromatic carbocycles. The van der Waals surface area contributed by atoms with E-state index < -0.39 is 21.6 Å². The molecule has 0 saturated carbocycles. The summed E-state index contributed by atoms with van der Waals surface area (Å²) in [6.45, 7) is 10.1. The summed E-state index contributed by atoms with van der Waals surface area (Å²) in [5.41, 5.74) is 24.1. The maximum Gasteiger partial charge on any atom is 0.113 e. The Morgan fingerprint density at radius 1 is 0.276 bits per heavy atom. The van der Waals surface area contributed by atoms with E-state index in [9.17, 15) is 0 Å². The van der Waals surface area contributed by atoms with Gasteiger partial charge in [-0.1, -0.05) is 251 Å². The van der Waals surface area contributed by atoms with Crippen LogP contribution < -0.4 is 25.6 Å². The third kappa shape index (κ3) is 5.58. The second-order valence-corrected chi connectivity index (χ2v) is 31.2. The number of para-hydroxylation sites is 3. The fourth-order valence-electron chi connectivity index (χ4n) is 15.1. The summed E-state index contributed by atoms with van der Waals surface area (Å²) in [5, 5.41) is 11.1. The molecule has 0 unspecified atom stereocenters. The molecule has 4 aliphatic rings. The van der Waals surface area contributed by atoms with Gasteiger partial charge in [0.2, 0.25) is 0 Å². The van der Waals surface area contributed by atoms with Crippen LogP contribution in [0.5, 0.6) is 0 Å². The summed E-state index contributed by atoms with van der Waals surface area (Å²) >= 11 is 0. The van der Waals surface area contributed by atoms with Crippen molar-refractivity contribution in [2.24, 2.45) is 0 Å². The van der Waals surface area contributed by atoms with Crippen molar-refractivity contribution in [2.45, 2.75) is 31.6 Å². The molecule has 0 N–H and O–H groups in total. The van der Waals surface area contributed by atoms with Crippen molar-refractivity contribution in [1.82, 2.24) is 0 Å². The number of anilines is 3. The monoisotopic (exact) mass is 999 g/mol. The predicted octanol–water partition coefficient (Wildman–Crippen LogP) is 16.7. The minimum Gasteiger partial charge on any atom is -0.309 e. The lowest BCUT2D eigenvalue weighted by Gasteiger charge is -2.46. The van der Waals surface area contributed by atoms with E-state index in [1.165, 1.54) is 143 Å². The zero-order valence-corrected chi connectivity index (χ0v) is 45.1. The van der Waals surface area contributed by atoms with Crippen LogP contribution in [0, 0.1) is 0 Å². The summed E-state index contributed by atoms with van der Waals surface area (Å²) in [4.78, 5) is 2.59. The first-order valence-electron chi connectivity index (χ1n) is 27.0. The smallest absolute Gasteiger partial charge is 0.113 e. The molecule has 358 valence electrons. The number of hydrogen-bond donors (Lipinski definition) is 0. The number of nitrogens with zero attached hydrogens (tertiary/aromatic N) is 1. The van der Waals surface area contributed by atoms with Crippen LogP contribution in [0.3, 0.4) is 0 Å². The maximum absolute atomic E-state index is 2.59. The van der Waals surface area contributed by atoms with Crippen molar-refractivity contribution in [3.63, 3.8) is 0 Å². The van der Waals surface area contributed by atoms with Gasteiger partial charge in [-0.25, -0.2) is 0 Å². The van der Waals surface area contributed by atoms with E-state index in [2.05, 4.69) is 280 Å². The maximum atomic E-state index is 2.59. The first-order valence-corrected chi connectivity index (χ1v) is 33.0. The molecule has 0 aromatic heterocycles. The molecule has 1 aliphatic carbocycles. The Hall–Kier alpha value is -8.61. The molecule has 3 heterocycles. The molecule has 0 radical (unpaired) electrons. The first kappa shape index (κ1) is 43.8. The molecule has 0 atom stereocenters. The van der Waals surface area contributed by atoms with Crippen LogP contribution in [-0.4, -0.2) is 16.1 Å². The third-order valence-electron chi connectivity index (χ3n) is 18.3. The summed E-state index contributed by atoms with van der Waals surface area (Å²) in [7, 11) is -3.96. The van der Waals surface area contributed by atoms with Crippen molar-refractivity contribution >= 4 is 75.5 Å². The van der Waals surface area contributed by atoms with E-state index in [-0.39, 0.29) is 0 Å². The topological polar surface area (TPSA) is 3.24 Å². The van der Waals surface area contributed by atoms with E-state index in [4.69, 9.17) is 0 Å². The standard InChI is InChI=1S/C73H53NSi2/c1-75(2)65-41-16-10-27-55(65)70-51(33-21-43-67(70)75)47-29-18-31-53-58(47)45-59-48(52-34-22-44-68-71(52)56-28-11-17-42-66(56)76(68,3)4)30-19-32-54(59)69(53)57-35-20-39-63-72(57)74(46-23-6-5-7-24-46)64-40-15-14-38-62(64)73(63)60-36-12-8-25-49(60)50-26-9-13-37-61(50)73/h5-45H,1-4H3. The molecule has 1 nitrogen and oxygen atoms in total. The molecule has 0 bridgehead atoms. The highest BCUT2D eigenvalue weighted by atomic mass is 28.3. The van der Waals surface area contributed by atoms with Crippen LogP contribution in [0.15, 0.2) is 249 Å². The van der Waals surface area contributed by atoms with E-state index >= 15 is 0 Å². The molecule has 0 amide bonds. The molecule has 3 aliphatic heterocycles. The summed E-state index contributed by atoms with van der Waals surface area (Å²) in [5.74, 6) is 0. The summed E-state index contributed by atoms with van der Waals surface area (Å²) in [6, 6.07) is 95.7. The normalized spacial score (nSPS) is 15.1. The average molecular weight is 1000 g/mol. The highest BCUT2D eigenvalue weighted by molar-refractivity contribution is 7.04. The van der Waals surface area contributed by atoms with Crippen molar-refractivity contribution in [3.05, 3.63) is 271 Å². The van der Waals surface area contributed by atoms with Crippen LogP contribution in [0.4, 0.5) is 17.1 Å². The van der Waals surface area contributed by atoms with Gasteiger partial charge < -0.3 is 4.90 Å². The molecule has 0 saturated heterocycles. The summed E-state index contributed by atoms with van der Waals surface area (Å²) < 4.78 is 0. The molecule has 16 rings (SSSR count). The molecule has 76 heavy (non-hydrogen) atoms. The Morgan fingerprint density at radius 2 is 0.671 bits per heavy atom.